The van der Waals surface area contributed by atoms with Gasteiger partial charge in [-0.2, -0.15) is 5.10 Å². The maximum Gasteiger partial charge on any atom is 0.357 e. The lowest BCUT2D eigenvalue weighted by atomic mass is 10.1. The van der Waals surface area contributed by atoms with E-state index in [1.54, 1.807) is 18.2 Å². The van der Waals surface area contributed by atoms with Crippen molar-refractivity contribution in [3.05, 3.63) is 73.1 Å². The highest BCUT2D eigenvalue weighted by Crippen LogP contribution is 2.23. The number of carbonyl (C=O) groups is 1. The molecule has 0 spiro atoms. The van der Waals surface area contributed by atoms with Crippen LogP contribution in [0.4, 0.5) is 0 Å². The van der Waals surface area contributed by atoms with Crippen molar-refractivity contribution in [2.24, 2.45) is 0 Å². The molecule has 0 amide bonds. The van der Waals surface area contributed by atoms with Crippen molar-refractivity contribution in [3.63, 3.8) is 0 Å². The van der Waals surface area contributed by atoms with E-state index in [4.69, 9.17) is 34.8 Å². The Hall–Kier alpha value is -2.08. The van der Waals surface area contributed by atoms with Gasteiger partial charge in [-0.1, -0.05) is 46.9 Å². The first-order valence-electron chi connectivity index (χ1n) is 6.74. The van der Waals surface area contributed by atoms with Crippen LogP contribution < -0.4 is 5.56 Å². The first-order valence-corrected chi connectivity index (χ1v) is 7.88. The van der Waals surface area contributed by atoms with Gasteiger partial charge in [0.1, 0.15) is 0 Å². The van der Waals surface area contributed by atoms with E-state index in [0.29, 0.717) is 20.6 Å². The zero-order valence-electron chi connectivity index (χ0n) is 12.0. The van der Waals surface area contributed by atoms with E-state index >= 15 is 0 Å². The number of carboxylic acids is 1. The second-order valence-electron chi connectivity index (χ2n) is 5.05. The fraction of sp³-hybridized carbons (Fsp3) is 0.0625. The molecule has 0 radical (unpaired) electrons. The number of hydrogen-bond donors (Lipinski definition) is 1. The average molecular weight is 384 g/mol. The number of hydrogen-bond acceptors (Lipinski definition) is 3. The summed E-state index contributed by atoms with van der Waals surface area (Å²) in [6.45, 7) is 0.0540. The highest BCUT2D eigenvalue weighted by Gasteiger charge is 2.16. The van der Waals surface area contributed by atoms with Crippen molar-refractivity contribution in [2.75, 3.05) is 0 Å². The minimum absolute atomic E-state index is 0.0540. The van der Waals surface area contributed by atoms with Gasteiger partial charge in [0.2, 0.25) is 0 Å². The van der Waals surface area contributed by atoms with Crippen LogP contribution in [-0.4, -0.2) is 20.9 Å². The molecule has 0 saturated carbocycles. The van der Waals surface area contributed by atoms with Crippen molar-refractivity contribution < 1.29 is 9.90 Å². The van der Waals surface area contributed by atoms with Crippen molar-refractivity contribution in [3.8, 4) is 0 Å². The molecule has 3 aromatic rings. The Balaban J connectivity index is 2.20. The van der Waals surface area contributed by atoms with Crippen LogP contribution in [-0.2, 0) is 6.54 Å². The van der Waals surface area contributed by atoms with Crippen molar-refractivity contribution in [1.29, 1.82) is 0 Å². The van der Waals surface area contributed by atoms with Crippen molar-refractivity contribution in [2.45, 2.75) is 6.54 Å². The second kappa shape index (κ2) is 6.43. The van der Waals surface area contributed by atoms with E-state index in [-0.39, 0.29) is 23.0 Å². The van der Waals surface area contributed by atoms with Crippen LogP contribution in [0.5, 0.6) is 0 Å². The standard InChI is InChI=1S/C16H9Cl3N2O3/c17-9-2-3-10-11(6-9)15(22)21(20-14(10)16(23)24)7-8-1-4-12(18)13(19)5-8/h1-6H,7H2,(H,23,24). The molecule has 0 aliphatic heterocycles. The second-order valence-corrected chi connectivity index (χ2v) is 6.31. The van der Waals surface area contributed by atoms with E-state index in [1.165, 1.54) is 18.2 Å². The summed E-state index contributed by atoms with van der Waals surface area (Å²) in [7, 11) is 0. The summed E-state index contributed by atoms with van der Waals surface area (Å²) in [6, 6.07) is 9.30. The van der Waals surface area contributed by atoms with Crippen LogP contribution in [0.3, 0.4) is 0 Å². The quantitative estimate of drug-likeness (QED) is 0.739. The van der Waals surface area contributed by atoms with E-state index in [9.17, 15) is 14.7 Å². The molecular weight excluding hydrogens is 375 g/mol. The van der Waals surface area contributed by atoms with Gasteiger partial charge in [-0.3, -0.25) is 4.79 Å². The zero-order valence-corrected chi connectivity index (χ0v) is 14.2. The smallest absolute Gasteiger partial charge is 0.357 e. The molecule has 24 heavy (non-hydrogen) atoms. The minimum atomic E-state index is -1.23. The van der Waals surface area contributed by atoms with Gasteiger partial charge < -0.3 is 5.11 Å². The Morgan fingerprint density at radius 2 is 1.79 bits per heavy atom. The molecule has 1 N–H and O–H groups in total. The molecule has 122 valence electrons. The highest BCUT2D eigenvalue weighted by molar-refractivity contribution is 6.42. The summed E-state index contributed by atoms with van der Waals surface area (Å²) in [6.07, 6.45) is 0. The number of fused-ring (bicyclic) bond motifs is 1. The van der Waals surface area contributed by atoms with Gasteiger partial charge in [-0.05, 0) is 29.8 Å². The topological polar surface area (TPSA) is 72.2 Å². The molecule has 0 bridgehead atoms. The molecule has 8 heteroatoms. The summed E-state index contributed by atoms with van der Waals surface area (Å²) in [5.41, 5.74) is 0.00150. The number of rotatable bonds is 3. The van der Waals surface area contributed by atoms with Gasteiger partial charge in [0, 0.05) is 10.4 Å². The minimum Gasteiger partial charge on any atom is -0.476 e. The van der Waals surface area contributed by atoms with Crippen molar-refractivity contribution in [1.82, 2.24) is 9.78 Å². The van der Waals surface area contributed by atoms with E-state index in [2.05, 4.69) is 5.10 Å². The van der Waals surface area contributed by atoms with Crippen LogP contribution >= 0.6 is 34.8 Å². The number of aromatic carboxylic acids is 1. The first kappa shape index (κ1) is 16.8. The molecule has 3 rings (SSSR count). The maximum atomic E-state index is 12.6. The van der Waals surface area contributed by atoms with Crippen LogP contribution in [0.2, 0.25) is 15.1 Å². The molecular formula is C16H9Cl3N2O3. The van der Waals surface area contributed by atoms with Gasteiger partial charge in [0.15, 0.2) is 5.69 Å². The van der Waals surface area contributed by atoms with Gasteiger partial charge in [0.25, 0.3) is 5.56 Å². The van der Waals surface area contributed by atoms with E-state index in [0.717, 1.165) is 4.68 Å². The number of benzene rings is 2. The molecule has 1 heterocycles. The zero-order chi connectivity index (χ0) is 17.4. The Morgan fingerprint density at radius 1 is 1.04 bits per heavy atom. The maximum absolute atomic E-state index is 12.6. The lowest BCUT2D eigenvalue weighted by Crippen LogP contribution is -2.26. The summed E-state index contributed by atoms with van der Waals surface area (Å²) in [5.74, 6) is -1.23. The highest BCUT2D eigenvalue weighted by atomic mass is 35.5. The Kier molecular flexibility index (Phi) is 4.49. The predicted molar refractivity (Wildman–Crippen MR) is 93.5 cm³/mol. The van der Waals surface area contributed by atoms with Crippen molar-refractivity contribution >= 4 is 51.5 Å². The molecule has 0 fully saturated rings. The third kappa shape index (κ3) is 3.11. The van der Waals surface area contributed by atoms with Crippen LogP contribution in [0.15, 0.2) is 41.2 Å². The number of nitrogens with zero attached hydrogens (tertiary/aromatic N) is 2. The largest absolute Gasteiger partial charge is 0.476 e. The summed E-state index contributed by atoms with van der Waals surface area (Å²) >= 11 is 17.8. The molecule has 0 saturated heterocycles. The number of aromatic nitrogens is 2. The molecule has 5 nitrogen and oxygen atoms in total. The van der Waals surface area contributed by atoms with Gasteiger partial charge in [-0.15, -0.1) is 0 Å². The lowest BCUT2D eigenvalue weighted by molar-refractivity contribution is 0.0690. The van der Waals surface area contributed by atoms with Gasteiger partial charge in [0.05, 0.1) is 22.0 Å². The van der Waals surface area contributed by atoms with E-state index < -0.39 is 11.5 Å². The van der Waals surface area contributed by atoms with Gasteiger partial charge >= 0.3 is 5.97 Å². The molecule has 0 unspecified atom stereocenters. The molecule has 0 aliphatic rings. The summed E-state index contributed by atoms with van der Waals surface area (Å²) in [5, 5.41) is 14.8. The fourth-order valence-corrected chi connectivity index (χ4v) is 2.83. The molecule has 2 aromatic carbocycles. The summed E-state index contributed by atoms with van der Waals surface area (Å²) < 4.78 is 1.07. The van der Waals surface area contributed by atoms with Crippen LogP contribution in [0.1, 0.15) is 16.1 Å². The Bertz CT molecular complexity index is 1030. The van der Waals surface area contributed by atoms with Crippen LogP contribution in [0, 0.1) is 0 Å². The molecule has 0 atom stereocenters. The third-order valence-corrected chi connectivity index (χ3v) is 4.42. The third-order valence-electron chi connectivity index (χ3n) is 3.44. The average Bonchev–Trinajstić information content (AvgIpc) is 2.53. The first-order chi connectivity index (χ1) is 11.4. The van der Waals surface area contributed by atoms with Gasteiger partial charge in [-0.25, -0.2) is 9.48 Å². The SMILES string of the molecule is O=C(O)c1nn(Cc2ccc(Cl)c(Cl)c2)c(=O)c2cc(Cl)ccc12. The lowest BCUT2D eigenvalue weighted by Gasteiger charge is -2.10. The number of halogens is 3. The monoisotopic (exact) mass is 382 g/mol. The fourth-order valence-electron chi connectivity index (χ4n) is 2.33. The normalized spacial score (nSPS) is 11.0. The predicted octanol–water partition coefficient (Wildman–Crippen LogP) is 4.10. The molecule has 1 aromatic heterocycles. The van der Waals surface area contributed by atoms with E-state index in [1.807, 2.05) is 0 Å². The summed E-state index contributed by atoms with van der Waals surface area (Å²) in [4.78, 5) is 24.1. The number of carboxylic acid groups (broad SMARTS) is 1. The van der Waals surface area contributed by atoms with Crippen LogP contribution in [0.25, 0.3) is 10.8 Å². The molecule has 0 aliphatic carbocycles. The Morgan fingerprint density at radius 3 is 2.46 bits per heavy atom. The Labute approximate surface area is 151 Å².